The predicted molar refractivity (Wildman–Crippen MR) is 78.2 cm³/mol. The van der Waals surface area contributed by atoms with Crippen molar-refractivity contribution >= 4 is 39.7 Å². The van der Waals surface area contributed by atoms with E-state index in [4.69, 9.17) is 11.6 Å². The highest BCUT2D eigenvalue weighted by molar-refractivity contribution is 6.31. The maximum atomic E-state index is 12.9. The molecule has 2 aromatic carbocycles. The summed E-state index contributed by atoms with van der Waals surface area (Å²) in [5, 5.41) is 20.2. The van der Waals surface area contributed by atoms with Crippen molar-refractivity contribution in [3.8, 4) is 0 Å². The highest BCUT2D eigenvalue weighted by atomic mass is 35.5. The normalized spacial score (nSPS) is 11.7. The van der Waals surface area contributed by atoms with Crippen molar-refractivity contribution in [3.05, 3.63) is 51.0 Å². The molecule has 0 aliphatic carbocycles. The van der Waals surface area contributed by atoms with Crippen molar-refractivity contribution in [3.63, 3.8) is 0 Å². The fourth-order valence-corrected chi connectivity index (χ4v) is 2.30. The molecule has 3 rings (SSSR count). The summed E-state index contributed by atoms with van der Waals surface area (Å²) in [4.78, 5) is 10.2. The second-order valence-electron chi connectivity index (χ2n) is 4.67. The van der Waals surface area contributed by atoms with Crippen LogP contribution in [-0.4, -0.2) is 15.2 Å². The first kappa shape index (κ1) is 16.0. The van der Waals surface area contributed by atoms with E-state index in [0.717, 1.165) is 18.2 Å². The SMILES string of the molecule is O=[N+]([O-])c1ccc(Nc2ccc(Cl)c(C(F)(F)F)c2)c2nonc12. The molecule has 0 spiro atoms. The van der Waals surface area contributed by atoms with Gasteiger partial charge in [-0.3, -0.25) is 10.1 Å². The molecule has 0 saturated carbocycles. The first-order valence-electron chi connectivity index (χ1n) is 6.31. The lowest BCUT2D eigenvalue weighted by Gasteiger charge is -2.12. The minimum absolute atomic E-state index is 0.0210. The molecule has 0 fully saturated rings. The van der Waals surface area contributed by atoms with Crippen molar-refractivity contribution in [2.24, 2.45) is 0 Å². The number of aromatic nitrogens is 2. The third kappa shape index (κ3) is 2.83. The highest BCUT2D eigenvalue weighted by Crippen LogP contribution is 2.37. The molecule has 0 bridgehead atoms. The number of nitrogens with zero attached hydrogens (tertiary/aromatic N) is 3. The molecular weight excluding hydrogens is 353 g/mol. The average Bonchev–Trinajstić information content (AvgIpc) is 2.97. The molecule has 0 aliphatic heterocycles. The van der Waals surface area contributed by atoms with Crippen LogP contribution in [0.15, 0.2) is 35.0 Å². The summed E-state index contributed by atoms with van der Waals surface area (Å²) in [6.45, 7) is 0. The Kier molecular flexibility index (Phi) is 3.76. The minimum atomic E-state index is -4.62. The fraction of sp³-hybridized carbons (Fsp3) is 0.0769. The number of fused-ring (bicyclic) bond motifs is 1. The lowest BCUT2D eigenvalue weighted by molar-refractivity contribution is -0.383. The van der Waals surface area contributed by atoms with Gasteiger partial charge < -0.3 is 5.32 Å². The average molecular weight is 359 g/mol. The molecule has 0 unspecified atom stereocenters. The van der Waals surface area contributed by atoms with Gasteiger partial charge in [0.1, 0.15) is 0 Å². The van der Waals surface area contributed by atoms with Crippen LogP contribution >= 0.6 is 11.6 Å². The smallest absolute Gasteiger partial charge is 0.354 e. The van der Waals surface area contributed by atoms with Crippen LogP contribution in [-0.2, 0) is 6.18 Å². The molecule has 1 heterocycles. The van der Waals surface area contributed by atoms with E-state index in [9.17, 15) is 23.3 Å². The van der Waals surface area contributed by atoms with Crippen molar-refractivity contribution in [2.75, 3.05) is 5.32 Å². The van der Waals surface area contributed by atoms with Gasteiger partial charge in [-0.15, -0.1) is 0 Å². The van der Waals surface area contributed by atoms with Gasteiger partial charge in [0.2, 0.25) is 5.52 Å². The molecule has 0 radical (unpaired) electrons. The van der Waals surface area contributed by atoms with E-state index in [1.807, 2.05) is 0 Å². The lowest BCUT2D eigenvalue weighted by atomic mass is 10.1. The van der Waals surface area contributed by atoms with Crippen LogP contribution in [0.25, 0.3) is 11.0 Å². The number of rotatable bonds is 3. The molecule has 7 nitrogen and oxygen atoms in total. The minimum Gasteiger partial charge on any atom is -0.354 e. The summed E-state index contributed by atoms with van der Waals surface area (Å²) >= 11 is 5.56. The van der Waals surface area contributed by atoms with E-state index in [1.165, 1.54) is 12.1 Å². The number of nitro groups is 1. The maximum absolute atomic E-state index is 12.9. The monoisotopic (exact) mass is 358 g/mol. The van der Waals surface area contributed by atoms with E-state index in [1.54, 1.807) is 0 Å². The van der Waals surface area contributed by atoms with Crippen molar-refractivity contribution < 1.29 is 22.7 Å². The van der Waals surface area contributed by atoms with Crippen LogP contribution < -0.4 is 5.32 Å². The zero-order chi connectivity index (χ0) is 17.5. The zero-order valence-corrected chi connectivity index (χ0v) is 12.2. The second kappa shape index (κ2) is 5.64. The Morgan fingerprint density at radius 1 is 1.17 bits per heavy atom. The molecule has 0 amide bonds. The second-order valence-corrected chi connectivity index (χ2v) is 5.08. The molecule has 3 aromatic rings. The molecule has 1 aromatic heterocycles. The van der Waals surface area contributed by atoms with Crippen molar-refractivity contribution in [1.82, 2.24) is 10.3 Å². The number of halogens is 4. The first-order chi connectivity index (χ1) is 11.3. The molecule has 0 atom stereocenters. The third-order valence-electron chi connectivity index (χ3n) is 3.14. The Labute approximate surface area is 136 Å². The van der Waals surface area contributed by atoms with Gasteiger partial charge in [0.25, 0.3) is 0 Å². The summed E-state index contributed by atoms with van der Waals surface area (Å²) in [7, 11) is 0. The molecule has 24 heavy (non-hydrogen) atoms. The van der Waals surface area contributed by atoms with Gasteiger partial charge in [-0.05, 0) is 34.6 Å². The fourth-order valence-electron chi connectivity index (χ4n) is 2.08. The van der Waals surface area contributed by atoms with Gasteiger partial charge in [0.15, 0.2) is 5.52 Å². The maximum Gasteiger partial charge on any atom is 0.417 e. The van der Waals surface area contributed by atoms with Gasteiger partial charge in [-0.1, -0.05) is 11.6 Å². The number of benzene rings is 2. The Morgan fingerprint density at radius 2 is 1.88 bits per heavy atom. The van der Waals surface area contributed by atoms with Gasteiger partial charge >= 0.3 is 11.9 Å². The van der Waals surface area contributed by atoms with E-state index < -0.39 is 21.7 Å². The van der Waals surface area contributed by atoms with Crippen LogP contribution in [0.1, 0.15) is 5.56 Å². The number of hydrogen-bond acceptors (Lipinski definition) is 6. The lowest BCUT2D eigenvalue weighted by Crippen LogP contribution is -2.06. The number of alkyl halides is 3. The summed E-state index contributed by atoms with van der Waals surface area (Å²) in [6.07, 6.45) is -4.62. The quantitative estimate of drug-likeness (QED) is 0.545. The number of anilines is 2. The summed E-state index contributed by atoms with van der Waals surface area (Å²) in [5.74, 6) is 0. The molecule has 0 aliphatic rings. The highest BCUT2D eigenvalue weighted by Gasteiger charge is 2.33. The van der Waals surface area contributed by atoms with Crippen LogP contribution in [0.3, 0.4) is 0 Å². The Balaban J connectivity index is 2.04. The first-order valence-corrected chi connectivity index (χ1v) is 6.68. The number of non-ortho nitro benzene ring substituents is 1. The van der Waals surface area contributed by atoms with E-state index in [2.05, 4.69) is 20.3 Å². The molecule has 124 valence electrons. The van der Waals surface area contributed by atoms with Crippen LogP contribution in [0.2, 0.25) is 5.02 Å². The number of nitrogens with one attached hydrogen (secondary N) is 1. The van der Waals surface area contributed by atoms with Crippen LogP contribution in [0, 0.1) is 10.1 Å². The molecule has 0 saturated heterocycles. The predicted octanol–water partition coefficient (Wildman–Crippen LogP) is 4.55. The Morgan fingerprint density at radius 3 is 2.54 bits per heavy atom. The molecule has 1 N–H and O–H groups in total. The third-order valence-corrected chi connectivity index (χ3v) is 3.47. The standard InChI is InChI=1S/C13H6ClF3N4O3/c14-8-2-1-6(5-7(8)13(15,16)17)18-9-3-4-10(21(22)23)12-11(9)19-24-20-12/h1-5,18H. The largest absolute Gasteiger partial charge is 0.417 e. The van der Waals surface area contributed by atoms with Gasteiger partial charge in [0, 0.05) is 11.8 Å². The Bertz CT molecular complexity index is 942. The Hall–Kier alpha value is -2.88. The van der Waals surface area contributed by atoms with Crippen molar-refractivity contribution in [2.45, 2.75) is 6.18 Å². The van der Waals surface area contributed by atoms with Gasteiger partial charge in [-0.25, -0.2) is 4.63 Å². The summed E-state index contributed by atoms with van der Waals surface area (Å²) < 4.78 is 43.2. The summed E-state index contributed by atoms with van der Waals surface area (Å²) in [5.41, 5.74) is -1.16. The summed E-state index contributed by atoms with van der Waals surface area (Å²) in [6, 6.07) is 5.69. The van der Waals surface area contributed by atoms with Gasteiger partial charge in [-0.2, -0.15) is 13.2 Å². The van der Waals surface area contributed by atoms with E-state index in [-0.39, 0.29) is 28.1 Å². The van der Waals surface area contributed by atoms with E-state index in [0.29, 0.717) is 0 Å². The molecular formula is C13H6ClF3N4O3. The van der Waals surface area contributed by atoms with Crippen molar-refractivity contribution in [1.29, 1.82) is 0 Å². The zero-order valence-electron chi connectivity index (χ0n) is 11.5. The number of nitro benzene ring substituents is 1. The van der Waals surface area contributed by atoms with Gasteiger partial charge in [0.05, 0.1) is 21.2 Å². The topological polar surface area (TPSA) is 94.1 Å². The number of hydrogen-bond donors (Lipinski definition) is 1. The van der Waals surface area contributed by atoms with Crippen LogP contribution in [0.4, 0.5) is 30.2 Å². The van der Waals surface area contributed by atoms with E-state index >= 15 is 0 Å². The molecule has 11 heteroatoms. The van der Waals surface area contributed by atoms with Crippen LogP contribution in [0.5, 0.6) is 0 Å².